The van der Waals surface area contributed by atoms with Crippen LogP contribution < -0.4 is 10.3 Å². The zero-order valence-corrected chi connectivity index (χ0v) is 21.6. The van der Waals surface area contributed by atoms with Gasteiger partial charge in [-0.15, -0.1) is 0 Å². The molecule has 0 aliphatic rings. The van der Waals surface area contributed by atoms with E-state index in [-0.39, 0.29) is 17.4 Å². The van der Waals surface area contributed by atoms with Crippen molar-refractivity contribution in [2.45, 2.75) is 40.2 Å². The Morgan fingerprint density at radius 1 is 1.03 bits per heavy atom. The van der Waals surface area contributed by atoms with Crippen molar-refractivity contribution in [1.29, 1.82) is 0 Å². The van der Waals surface area contributed by atoms with E-state index in [0.717, 1.165) is 11.3 Å². The molecule has 0 radical (unpaired) electrons. The second-order valence-electron chi connectivity index (χ2n) is 9.47. The first-order valence-corrected chi connectivity index (χ1v) is 12.4. The van der Waals surface area contributed by atoms with E-state index in [4.69, 9.17) is 9.72 Å². The lowest BCUT2D eigenvalue weighted by atomic mass is 10.0. The SMILES string of the molecule is CCC(c1nc2ccccc2c(=O)n1-c1cccc(C)c1)N(CC(C)C)C(=O)c1ccc(OC)cc1. The van der Waals surface area contributed by atoms with Crippen LogP contribution in [0.1, 0.15) is 55.0 Å². The van der Waals surface area contributed by atoms with Crippen molar-refractivity contribution in [1.82, 2.24) is 14.5 Å². The summed E-state index contributed by atoms with van der Waals surface area (Å²) in [6.07, 6.45) is 0.602. The lowest BCUT2D eigenvalue weighted by Gasteiger charge is -2.33. The molecule has 0 spiro atoms. The van der Waals surface area contributed by atoms with Crippen molar-refractivity contribution >= 4 is 16.8 Å². The fourth-order valence-corrected chi connectivity index (χ4v) is 4.58. The number of ether oxygens (including phenoxy) is 1. The van der Waals surface area contributed by atoms with Gasteiger partial charge in [0.15, 0.2) is 0 Å². The highest BCUT2D eigenvalue weighted by atomic mass is 16.5. The van der Waals surface area contributed by atoms with Gasteiger partial charge in [0.05, 0.1) is 29.7 Å². The minimum Gasteiger partial charge on any atom is -0.497 e. The monoisotopic (exact) mass is 483 g/mol. The molecule has 1 amide bonds. The Kier molecular flexibility index (Phi) is 7.53. The molecular formula is C30H33N3O3. The van der Waals surface area contributed by atoms with E-state index >= 15 is 0 Å². The number of carbonyl (C=O) groups excluding carboxylic acids is 1. The lowest BCUT2D eigenvalue weighted by molar-refractivity contribution is 0.0631. The Morgan fingerprint density at radius 2 is 1.75 bits per heavy atom. The second-order valence-corrected chi connectivity index (χ2v) is 9.47. The first-order chi connectivity index (χ1) is 17.3. The van der Waals surface area contributed by atoms with E-state index in [1.807, 2.05) is 61.2 Å². The average Bonchev–Trinajstić information content (AvgIpc) is 2.88. The molecule has 1 unspecified atom stereocenters. The van der Waals surface area contributed by atoms with Crippen molar-refractivity contribution in [3.05, 3.63) is 100 Å². The van der Waals surface area contributed by atoms with Crippen LogP contribution in [0.5, 0.6) is 5.75 Å². The summed E-state index contributed by atoms with van der Waals surface area (Å²) in [4.78, 5) is 34.6. The first-order valence-electron chi connectivity index (χ1n) is 12.4. The Bertz CT molecular complexity index is 1420. The largest absolute Gasteiger partial charge is 0.497 e. The minimum atomic E-state index is -0.403. The van der Waals surface area contributed by atoms with Crippen molar-refractivity contribution < 1.29 is 9.53 Å². The summed E-state index contributed by atoms with van der Waals surface area (Å²) in [6.45, 7) is 8.73. The van der Waals surface area contributed by atoms with Gasteiger partial charge in [-0.1, -0.05) is 45.0 Å². The first kappa shape index (κ1) is 25.2. The number of methoxy groups -OCH3 is 1. The summed E-state index contributed by atoms with van der Waals surface area (Å²) < 4.78 is 6.95. The number of rotatable bonds is 8. The van der Waals surface area contributed by atoms with Gasteiger partial charge in [-0.05, 0) is 73.4 Å². The highest BCUT2D eigenvalue weighted by Gasteiger charge is 2.30. The third-order valence-corrected chi connectivity index (χ3v) is 6.28. The molecule has 4 aromatic rings. The normalized spacial score (nSPS) is 12.1. The number of aryl methyl sites for hydroxylation is 1. The van der Waals surface area contributed by atoms with Gasteiger partial charge in [-0.25, -0.2) is 4.98 Å². The maximum absolute atomic E-state index is 13.9. The summed E-state index contributed by atoms with van der Waals surface area (Å²) in [6, 6.07) is 21.9. The fraction of sp³-hybridized carbons (Fsp3) is 0.300. The van der Waals surface area contributed by atoms with Crippen molar-refractivity contribution in [3.63, 3.8) is 0 Å². The van der Waals surface area contributed by atoms with E-state index in [2.05, 4.69) is 13.8 Å². The molecule has 1 heterocycles. The zero-order chi connectivity index (χ0) is 25.8. The molecule has 3 aromatic carbocycles. The Hall–Kier alpha value is -3.93. The number of nitrogens with zero attached hydrogens (tertiary/aromatic N) is 3. The van der Waals surface area contributed by atoms with Crippen LogP contribution in [0.15, 0.2) is 77.6 Å². The highest BCUT2D eigenvalue weighted by Crippen LogP contribution is 2.29. The molecule has 0 N–H and O–H groups in total. The van der Waals surface area contributed by atoms with Crippen molar-refractivity contribution in [2.75, 3.05) is 13.7 Å². The fourth-order valence-electron chi connectivity index (χ4n) is 4.58. The molecule has 1 atom stereocenters. The minimum absolute atomic E-state index is 0.101. The molecule has 0 aliphatic heterocycles. The van der Waals surface area contributed by atoms with Crippen LogP contribution in [0.4, 0.5) is 0 Å². The van der Waals surface area contributed by atoms with Crippen LogP contribution in [-0.2, 0) is 0 Å². The van der Waals surface area contributed by atoms with Crippen LogP contribution in [0.3, 0.4) is 0 Å². The highest BCUT2D eigenvalue weighted by molar-refractivity contribution is 5.94. The summed E-state index contributed by atoms with van der Waals surface area (Å²) in [5.41, 5.74) is 2.84. The Morgan fingerprint density at radius 3 is 2.39 bits per heavy atom. The Labute approximate surface area is 212 Å². The molecule has 6 heteroatoms. The number of fused-ring (bicyclic) bond motifs is 1. The Balaban J connectivity index is 1.93. The van der Waals surface area contributed by atoms with E-state index in [0.29, 0.717) is 41.0 Å². The molecule has 186 valence electrons. The maximum atomic E-state index is 13.9. The van der Waals surface area contributed by atoms with Gasteiger partial charge in [0.1, 0.15) is 11.6 Å². The number of amides is 1. The molecule has 6 nitrogen and oxygen atoms in total. The molecule has 0 saturated heterocycles. The van der Waals surface area contributed by atoms with Crippen LogP contribution in [-0.4, -0.2) is 34.0 Å². The van der Waals surface area contributed by atoms with Crippen LogP contribution >= 0.6 is 0 Å². The maximum Gasteiger partial charge on any atom is 0.266 e. The molecule has 1 aromatic heterocycles. The summed E-state index contributed by atoms with van der Waals surface area (Å²) in [7, 11) is 1.60. The van der Waals surface area contributed by atoms with Crippen molar-refractivity contribution in [3.8, 4) is 11.4 Å². The van der Waals surface area contributed by atoms with E-state index in [1.165, 1.54) is 0 Å². The van der Waals surface area contributed by atoms with Gasteiger partial charge in [-0.2, -0.15) is 0 Å². The predicted molar refractivity (Wildman–Crippen MR) is 144 cm³/mol. The quantitative estimate of drug-likeness (QED) is 0.311. The topological polar surface area (TPSA) is 64.4 Å². The molecule has 4 rings (SSSR count). The molecule has 36 heavy (non-hydrogen) atoms. The van der Waals surface area contributed by atoms with Crippen LogP contribution in [0.2, 0.25) is 0 Å². The standard InChI is InChI=1S/C30H33N3O3/c1-6-27(32(19-20(2)3)29(34)22-14-16-24(36-5)17-15-22)28-31-26-13-8-7-12-25(26)30(35)33(28)23-11-9-10-21(4)18-23/h7-18,20,27H,6,19H2,1-5H3. The van der Waals surface area contributed by atoms with Crippen molar-refractivity contribution in [2.24, 2.45) is 5.92 Å². The number of aromatic nitrogens is 2. The summed E-state index contributed by atoms with van der Waals surface area (Å²) >= 11 is 0. The third-order valence-electron chi connectivity index (χ3n) is 6.28. The molecular weight excluding hydrogens is 450 g/mol. The van der Waals surface area contributed by atoms with Gasteiger partial charge in [0, 0.05) is 12.1 Å². The second kappa shape index (κ2) is 10.8. The molecule has 0 fully saturated rings. The van der Waals surface area contributed by atoms with Crippen LogP contribution in [0.25, 0.3) is 16.6 Å². The third kappa shape index (κ3) is 5.03. The number of carbonyl (C=O) groups is 1. The van der Waals surface area contributed by atoms with Gasteiger partial charge < -0.3 is 9.64 Å². The molecule has 0 bridgehead atoms. The lowest BCUT2D eigenvalue weighted by Crippen LogP contribution is -2.40. The summed E-state index contributed by atoms with van der Waals surface area (Å²) in [5, 5.41) is 0.550. The average molecular weight is 484 g/mol. The van der Waals surface area contributed by atoms with E-state index in [1.54, 1.807) is 42.0 Å². The van der Waals surface area contributed by atoms with Gasteiger partial charge in [0.25, 0.3) is 11.5 Å². The van der Waals surface area contributed by atoms with E-state index in [9.17, 15) is 9.59 Å². The zero-order valence-electron chi connectivity index (χ0n) is 21.6. The van der Waals surface area contributed by atoms with Crippen LogP contribution in [0, 0.1) is 12.8 Å². The molecule has 0 saturated carbocycles. The van der Waals surface area contributed by atoms with Gasteiger partial charge >= 0.3 is 0 Å². The summed E-state index contributed by atoms with van der Waals surface area (Å²) in [5.74, 6) is 1.38. The number of hydrogen-bond donors (Lipinski definition) is 0. The van der Waals surface area contributed by atoms with E-state index < -0.39 is 6.04 Å². The van der Waals surface area contributed by atoms with Gasteiger partial charge in [0.2, 0.25) is 0 Å². The smallest absolute Gasteiger partial charge is 0.266 e. The predicted octanol–water partition coefficient (Wildman–Crippen LogP) is 5.95. The number of hydrogen-bond acceptors (Lipinski definition) is 4. The van der Waals surface area contributed by atoms with Gasteiger partial charge in [-0.3, -0.25) is 14.2 Å². The molecule has 0 aliphatic carbocycles. The number of para-hydroxylation sites is 1. The number of benzene rings is 3.